The van der Waals surface area contributed by atoms with Crippen LogP contribution in [-0.4, -0.2) is 53.4 Å². The molecular weight excluding hydrogens is 404 g/mol. The van der Waals surface area contributed by atoms with Gasteiger partial charge in [-0.1, -0.05) is 24.6 Å². The third-order valence-corrected chi connectivity index (χ3v) is 5.56. The normalized spacial score (nSPS) is 22.8. The van der Waals surface area contributed by atoms with Gasteiger partial charge in [-0.2, -0.15) is 5.01 Å². The first-order valence-electron chi connectivity index (χ1n) is 10.2. The van der Waals surface area contributed by atoms with Crippen LogP contribution in [0.5, 0.6) is 0 Å². The molecule has 1 aromatic rings. The Morgan fingerprint density at radius 3 is 2.61 bits per heavy atom. The Balaban J connectivity index is 1.43. The summed E-state index contributed by atoms with van der Waals surface area (Å²) >= 11 is 0. The van der Waals surface area contributed by atoms with Crippen LogP contribution in [0.2, 0.25) is 0 Å². The summed E-state index contributed by atoms with van der Waals surface area (Å²) < 4.78 is 4.81. The van der Waals surface area contributed by atoms with E-state index in [-0.39, 0.29) is 0 Å². The van der Waals surface area contributed by atoms with Crippen molar-refractivity contribution in [2.24, 2.45) is 5.92 Å². The molecule has 0 bridgehead atoms. The summed E-state index contributed by atoms with van der Waals surface area (Å²) in [4.78, 5) is 60.8. The quantitative estimate of drug-likeness (QED) is 0.452. The molecule has 166 valence electrons. The lowest BCUT2D eigenvalue weighted by Gasteiger charge is -2.33. The van der Waals surface area contributed by atoms with E-state index < -0.39 is 48.4 Å². The molecule has 5 amide bonds. The molecule has 3 rings (SSSR count). The van der Waals surface area contributed by atoms with Crippen molar-refractivity contribution in [2.45, 2.75) is 45.1 Å². The van der Waals surface area contributed by atoms with E-state index in [1.165, 1.54) is 0 Å². The third-order valence-electron chi connectivity index (χ3n) is 5.56. The van der Waals surface area contributed by atoms with Gasteiger partial charge in [0.05, 0.1) is 0 Å². The van der Waals surface area contributed by atoms with Crippen LogP contribution in [0.25, 0.3) is 0 Å². The first-order chi connectivity index (χ1) is 14.7. The number of hydrogen-bond acceptors (Lipinski definition) is 6. The third kappa shape index (κ3) is 5.19. The largest absolute Gasteiger partial charge is 0.454 e. The molecule has 0 aromatic heterocycles. The van der Waals surface area contributed by atoms with Crippen LogP contribution in [0.4, 0.5) is 4.79 Å². The van der Waals surface area contributed by atoms with Gasteiger partial charge in [0, 0.05) is 5.56 Å². The van der Waals surface area contributed by atoms with E-state index in [4.69, 9.17) is 4.74 Å². The van der Waals surface area contributed by atoms with Crippen LogP contribution in [0, 0.1) is 12.8 Å². The van der Waals surface area contributed by atoms with Crippen molar-refractivity contribution in [2.75, 3.05) is 13.2 Å². The SMILES string of the molecule is Cc1cccc(C(=O)NCC(=O)OCC(=O)NN2C(=O)NC3(CCC(C)CC3)C2=O)c1. The van der Waals surface area contributed by atoms with E-state index in [0.717, 1.165) is 18.4 Å². The minimum atomic E-state index is -0.979. The molecule has 0 unspecified atom stereocenters. The summed E-state index contributed by atoms with van der Waals surface area (Å²) in [5.41, 5.74) is 2.50. The topological polar surface area (TPSA) is 134 Å². The van der Waals surface area contributed by atoms with Gasteiger partial charge in [0.25, 0.3) is 17.7 Å². The minimum Gasteiger partial charge on any atom is -0.454 e. The number of hydrazine groups is 1. The monoisotopic (exact) mass is 430 g/mol. The van der Waals surface area contributed by atoms with Gasteiger partial charge in [-0.25, -0.2) is 4.79 Å². The Morgan fingerprint density at radius 1 is 1.23 bits per heavy atom. The van der Waals surface area contributed by atoms with Crippen molar-refractivity contribution in [1.82, 2.24) is 21.1 Å². The van der Waals surface area contributed by atoms with Gasteiger partial charge in [-0.15, -0.1) is 0 Å². The Bertz CT molecular complexity index is 907. The molecule has 2 aliphatic rings. The van der Waals surface area contributed by atoms with Crippen LogP contribution in [0.3, 0.4) is 0 Å². The molecule has 2 fully saturated rings. The van der Waals surface area contributed by atoms with Crippen LogP contribution >= 0.6 is 0 Å². The predicted octanol–water partition coefficient (Wildman–Crippen LogP) is 0.800. The lowest BCUT2D eigenvalue weighted by molar-refractivity contribution is -0.150. The van der Waals surface area contributed by atoms with Crippen molar-refractivity contribution in [3.63, 3.8) is 0 Å². The fourth-order valence-corrected chi connectivity index (χ4v) is 3.71. The van der Waals surface area contributed by atoms with E-state index in [0.29, 0.717) is 29.3 Å². The van der Waals surface area contributed by atoms with Crippen LogP contribution < -0.4 is 16.1 Å². The van der Waals surface area contributed by atoms with E-state index in [2.05, 4.69) is 23.0 Å². The molecule has 1 saturated carbocycles. The average molecular weight is 430 g/mol. The van der Waals surface area contributed by atoms with Crippen LogP contribution in [-0.2, 0) is 19.1 Å². The van der Waals surface area contributed by atoms with Gasteiger partial charge in [0.15, 0.2) is 6.61 Å². The Hall–Kier alpha value is -3.43. The molecule has 10 nitrogen and oxygen atoms in total. The summed E-state index contributed by atoms with van der Waals surface area (Å²) in [7, 11) is 0. The van der Waals surface area contributed by atoms with E-state index in [1.54, 1.807) is 18.2 Å². The number of hydrogen-bond donors (Lipinski definition) is 3. The summed E-state index contributed by atoms with van der Waals surface area (Å²) in [6, 6.07) is 6.14. The smallest absolute Gasteiger partial charge is 0.344 e. The summed E-state index contributed by atoms with van der Waals surface area (Å²) in [6.45, 7) is 2.81. The fraction of sp³-hybridized carbons (Fsp3) is 0.476. The summed E-state index contributed by atoms with van der Waals surface area (Å²) in [5.74, 6) is -2.13. The second-order valence-electron chi connectivity index (χ2n) is 8.08. The highest BCUT2D eigenvalue weighted by atomic mass is 16.5. The zero-order valence-electron chi connectivity index (χ0n) is 17.5. The van der Waals surface area contributed by atoms with Gasteiger partial charge < -0.3 is 15.4 Å². The molecule has 3 N–H and O–H groups in total. The number of imide groups is 1. The lowest BCUT2D eigenvalue weighted by atomic mass is 9.77. The van der Waals surface area contributed by atoms with Gasteiger partial charge in [-0.05, 0) is 50.7 Å². The van der Waals surface area contributed by atoms with Gasteiger partial charge in [0.1, 0.15) is 12.1 Å². The molecule has 1 spiro atoms. The van der Waals surface area contributed by atoms with Crippen molar-refractivity contribution in [3.8, 4) is 0 Å². The zero-order chi connectivity index (χ0) is 22.6. The molecule has 0 radical (unpaired) electrons. The second kappa shape index (κ2) is 9.15. The summed E-state index contributed by atoms with van der Waals surface area (Å²) in [5, 5.41) is 5.73. The number of nitrogens with one attached hydrogen (secondary N) is 3. The molecule has 1 aromatic carbocycles. The number of carbonyl (C=O) groups is 5. The first kappa shape index (κ1) is 22.3. The number of esters is 1. The number of rotatable bonds is 6. The summed E-state index contributed by atoms with van der Waals surface area (Å²) in [6.07, 6.45) is 2.64. The molecular formula is C21H26N4O6. The molecule has 10 heteroatoms. The zero-order valence-corrected chi connectivity index (χ0v) is 17.5. The highest BCUT2D eigenvalue weighted by Crippen LogP contribution is 2.35. The number of aryl methyl sites for hydroxylation is 1. The van der Waals surface area contributed by atoms with E-state index in [9.17, 15) is 24.0 Å². The van der Waals surface area contributed by atoms with E-state index in [1.807, 2.05) is 13.0 Å². The molecule has 1 saturated heterocycles. The van der Waals surface area contributed by atoms with Gasteiger partial charge >= 0.3 is 12.0 Å². The predicted molar refractivity (Wildman–Crippen MR) is 108 cm³/mol. The number of carbonyl (C=O) groups excluding carboxylic acids is 5. The van der Waals surface area contributed by atoms with Crippen molar-refractivity contribution in [1.29, 1.82) is 0 Å². The Morgan fingerprint density at radius 2 is 1.94 bits per heavy atom. The molecule has 1 aliphatic carbocycles. The maximum absolute atomic E-state index is 12.7. The number of nitrogens with zero attached hydrogens (tertiary/aromatic N) is 1. The molecule has 1 aliphatic heterocycles. The molecule has 1 heterocycles. The first-order valence-corrected chi connectivity index (χ1v) is 10.2. The lowest BCUT2D eigenvalue weighted by Crippen LogP contribution is -2.52. The number of urea groups is 1. The van der Waals surface area contributed by atoms with Crippen molar-refractivity contribution < 1.29 is 28.7 Å². The minimum absolute atomic E-state index is 0.398. The average Bonchev–Trinajstić information content (AvgIpc) is 2.96. The number of benzene rings is 1. The van der Waals surface area contributed by atoms with Gasteiger partial charge in [0.2, 0.25) is 0 Å². The molecule has 31 heavy (non-hydrogen) atoms. The van der Waals surface area contributed by atoms with Crippen molar-refractivity contribution in [3.05, 3.63) is 35.4 Å². The van der Waals surface area contributed by atoms with Crippen LogP contribution in [0.15, 0.2) is 24.3 Å². The highest BCUT2D eigenvalue weighted by molar-refractivity contribution is 6.08. The maximum Gasteiger partial charge on any atom is 0.344 e. The Labute approximate surface area is 179 Å². The van der Waals surface area contributed by atoms with Crippen LogP contribution in [0.1, 0.15) is 48.5 Å². The maximum atomic E-state index is 12.7. The van der Waals surface area contributed by atoms with Gasteiger partial charge in [-0.3, -0.25) is 24.6 Å². The number of amides is 5. The van der Waals surface area contributed by atoms with E-state index >= 15 is 0 Å². The standard InChI is InChI=1S/C21H26N4O6/c1-13-6-8-21(9-7-13)19(29)25(20(30)23-21)24-16(26)12-31-17(27)11-22-18(28)15-5-3-4-14(2)10-15/h3-5,10,13H,6-9,11-12H2,1-2H3,(H,22,28)(H,23,30)(H,24,26). The highest BCUT2D eigenvalue weighted by Gasteiger charge is 2.52. The fourth-order valence-electron chi connectivity index (χ4n) is 3.71. The Kier molecular flexibility index (Phi) is 6.57. The number of ether oxygens (including phenoxy) is 1. The molecule has 0 atom stereocenters. The van der Waals surface area contributed by atoms with Crippen molar-refractivity contribution >= 4 is 29.7 Å². The second-order valence-corrected chi connectivity index (χ2v) is 8.08.